The third-order valence-corrected chi connectivity index (χ3v) is 7.50. The molecule has 1 aliphatic heterocycles. The van der Waals surface area contributed by atoms with Crippen LogP contribution in [-0.4, -0.2) is 49.5 Å². The van der Waals surface area contributed by atoms with Gasteiger partial charge in [-0.25, -0.2) is 27.2 Å². The largest absolute Gasteiger partial charge is 0.353 e. The van der Waals surface area contributed by atoms with Crippen molar-refractivity contribution in [3.8, 4) is 11.1 Å². The first-order chi connectivity index (χ1) is 17.4. The fraction of sp³-hybridized carbons (Fsp3) is 0.240. The van der Waals surface area contributed by atoms with Crippen LogP contribution in [0.2, 0.25) is 0 Å². The third-order valence-electron chi connectivity index (χ3n) is 6.10. The Kier molecular flexibility index (Phi) is 6.50. The van der Waals surface area contributed by atoms with Crippen molar-refractivity contribution in [3.63, 3.8) is 0 Å². The molecule has 0 amide bonds. The smallest absolute Gasteiger partial charge is 0.264 e. The van der Waals surface area contributed by atoms with Gasteiger partial charge in [0.1, 0.15) is 28.7 Å². The van der Waals surface area contributed by atoms with E-state index in [9.17, 15) is 17.2 Å². The number of hydrogen-bond donors (Lipinski definition) is 2. The van der Waals surface area contributed by atoms with Crippen molar-refractivity contribution in [1.82, 2.24) is 20.3 Å². The molecule has 8 nitrogen and oxygen atoms in total. The van der Waals surface area contributed by atoms with E-state index in [2.05, 4.69) is 29.9 Å². The molecule has 0 unspecified atom stereocenters. The Morgan fingerprint density at radius 1 is 1.00 bits per heavy atom. The Hall–Kier alpha value is -3.70. The number of sulfonamides is 1. The molecular formula is C25H24F2N6O2S. The summed E-state index contributed by atoms with van der Waals surface area (Å²) in [7, 11) is -4.31. The first kappa shape index (κ1) is 24.0. The monoisotopic (exact) mass is 510 g/mol. The molecule has 0 saturated carbocycles. The van der Waals surface area contributed by atoms with Gasteiger partial charge >= 0.3 is 0 Å². The summed E-state index contributed by atoms with van der Waals surface area (Å²) in [6.07, 6.45) is 3.67. The summed E-state index contributed by atoms with van der Waals surface area (Å²) >= 11 is 0. The summed E-state index contributed by atoms with van der Waals surface area (Å²) < 4.78 is 55.8. The Morgan fingerprint density at radius 3 is 2.56 bits per heavy atom. The number of aromatic nitrogens is 3. The van der Waals surface area contributed by atoms with Gasteiger partial charge in [0.25, 0.3) is 10.0 Å². The molecule has 3 heterocycles. The molecule has 36 heavy (non-hydrogen) atoms. The predicted molar refractivity (Wildman–Crippen MR) is 134 cm³/mol. The minimum atomic E-state index is -4.31. The van der Waals surface area contributed by atoms with Gasteiger partial charge in [-0.15, -0.1) is 0 Å². The lowest BCUT2D eigenvalue weighted by atomic mass is 10.0. The van der Waals surface area contributed by atoms with Gasteiger partial charge in [0.2, 0.25) is 0 Å². The van der Waals surface area contributed by atoms with Gasteiger partial charge in [-0.3, -0.25) is 9.71 Å². The Labute approximate surface area is 207 Å². The Balaban J connectivity index is 1.54. The van der Waals surface area contributed by atoms with Crippen molar-refractivity contribution in [1.29, 1.82) is 0 Å². The van der Waals surface area contributed by atoms with Crippen LogP contribution in [0.1, 0.15) is 12.6 Å². The Bertz CT molecular complexity index is 1540. The molecule has 5 rings (SSSR count). The van der Waals surface area contributed by atoms with Gasteiger partial charge in [0, 0.05) is 49.4 Å². The number of anilines is 2. The van der Waals surface area contributed by atoms with E-state index in [0.717, 1.165) is 60.6 Å². The van der Waals surface area contributed by atoms with E-state index in [4.69, 9.17) is 0 Å². The van der Waals surface area contributed by atoms with Crippen molar-refractivity contribution in [3.05, 3.63) is 72.3 Å². The van der Waals surface area contributed by atoms with Crippen molar-refractivity contribution in [2.75, 3.05) is 35.8 Å². The van der Waals surface area contributed by atoms with E-state index >= 15 is 0 Å². The molecule has 2 aromatic heterocycles. The van der Waals surface area contributed by atoms with Crippen molar-refractivity contribution in [2.45, 2.75) is 18.2 Å². The van der Waals surface area contributed by atoms with Crippen molar-refractivity contribution in [2.24, 2.45) is 0 Å². The topological polar surface area (TPSA) is 100 Å². The molecule has 1 saturated heterocycles. The van der Waals surface area contributed by atoms with Gasteiger partial charge in [-0.1, -0.05) is 13.0 Å². The summed E-state index contributed by atoms with van der Waals surface area (Å²) in [5.41, 5.74) is 2.99. The third kappa shape index (κ3) is 4.71. The summed E-state index contributed by atoms with van der Waals surface area (Å²) in [6.45, 7) is 5.23. The standard InChI is InChI=1S/C25H24F2N6O2S/c1-2-21-23(32-36(34,35)24-6-4-18(26)13-20(24)27)12-17(14-29-21)16-3-5-22-19(11-16)25(31-15-30-22)33-9-7-28-8-10-33/h3-6,11-15,28,32H,2,7-10H2,1H3. The number of rotatable bonds is 6. The minimum absolute atomic E-state index is 0.227. The van der Waals surface area contributed by atoms with Crippen LogP contribution in [0.15, 0.2) is 59.9 Å². The molecule has 0 radical (unpaired) electrons. The van der Waals surface area contributed by atoms with Crippen LogP contribution in [-0.2, 0) is 16.4 Å². The summed E-state index contributed by atoms with van der Waals surface area (Å²) in [5.74, 6) is -1.18. The van der Waals surface area contributed by atoms with Gasteiger partial charge in [-0.05, 0) is 42.3 Å². The van der Waals surface area contributed by atoms with E-state index < -0.39 is 26.6 Å². The number of benzene rings is 2. The molecule has 0 aliphatic carbocycles. The van der Waals surface area contributed by atoms with Crippen LogP contribution >= 0.6 is 0 Å². The molecule has 2 aromatic carbocycles. The summed E-state index contributed by atoms with van der Waals surface area (Å²) in [4.78, 5) is 14.9. The van der Waals surface area contributed by atoms with Crippen LogP contribution in [0.4, 0.5) is 20.3 Å². The molecule has 1 fully saturated rings. The number of aryl methyl sites for hydroxylation is 1. The van der Waals surface area contributed by atoms with Crippen LogP contribution in [0.25, 0.3) is 22.0 Å². The number of nitrogens with zero attached hydrogens (tertiary/aromatic N) is 4. The highest BCUT2D eigenvalue weighted by Crippen LogP contribution is 2.31. The number of nitrogens with one attached hydrogen (secondary N) is 2. The number of fused-ring (bicyclic) bond motifs is 1. The van der Waals surface area contributed by atoms with Crippen LogP contribution < -0.4 is 14.9 Å². The molecule has 2 N–H and O–H groups in total. The fourth-order valence-electron chi connectivity index (χ4n) is 4.27. The lowest BCUT2D eigenvalue weighted by molar-refractivity contribution is 0.551. The molecule has 4 aromatic rings. The Morgan fingerprint density at radius 2 is 1.81 bits per heavy atom. The van der Waals surface area contributed by atoms with E-state index in [1.165, 1.54) is 0 Å². The average Bonchev–Trinajstić information content (AvgIpc) is 2.88. The van der Waals surface area contributed by atoms with E-state index in [1.807, 2.05) is 25.1 Å². The highest BCUT2D eigenvalue weighted by Gasteiger charge is 2.22. The fourth-order valence-corrected chi connectivity index (χ4v) is 5.40. The second-order valence-electron chi connectivity index (χ2n) is 8.42. The zero-order valence-electron chi connectivity index (χ0n) is 19.5. The number of pyridine rings is 1. The maximum atomic E-state index is 14.2. The van der Waals surface area contributed by atoms with E-state index in [0.29, 0.717) is 23.7 Å². The van der Waals surface area contributed by atoms with Gasteiger partial charge in [0.05, 0.1) is 16.9 Å². The second-order valence-corrected chi connectivity index (χ2v) is 10.1. The highest BCUT2D eigenvalue weighted by molar-refractivity contribution is 7.92. The SMILES string of the molecule is CCc1ncc(-c2ccc3ncnc(N4CCNCC4)c3c2)cc1NS(=O)(=O)c1ccc(F)cc1F. The van der Waals surface area contributed by atoms with E-state index in [1.54, 1.807) is 18.6 Å². The van der Waals surface area contributed by atoms with Crippen LogP contribution in [0, 0.1) is 11.6 Å². The maximum Gasteiger partial charge on any atom is 0.264 e. The average molecular weight is 511 g/mol. The predicted octanol–water partition coefficient (Wildman–Crippen LogP) is 3.74. The molecule has 1 aliphatic rings. The van der Waals surface area contributed by atoms with Gasteiger partial charge in [-0.2, -0.15) is 0 Å². The van der Waals surface area contributed by atoms with Gasteiger partial charge < -0.3 is 10.2 Å². The zero-order valence-corrected chi connectivity index (χ0v) is 20.3. The normalized spacial score (nSPS) is 14.2. The molecule has 0 atom stereocenters. The number of hydrogen-bond acceptors (Lipinski definition) is 7. The minimum Gasteiger partial charge on any atom is -0.353 e. The molecule has 11 heteroatoms. The maximum absolute atomic E-state index is 14.2. The van der Waals surface area contributed by atoms with Crippen molar-refractivity contribution < 1.29 is 17.2 Å². The number of piperazine rings is 1. The number of halogens is 2. The van der Waals surface area contributed by atoms with E-state index in [-0.39, 0.29) is 5.69 Å². The molecule has 0 spiro atoms. The van der Waals surface area contributed by atoms with Crippen LogP contribution in [0.5, 0.6) is 0 Å². The molecule has 0 bridgehead atoms. The molecule has 186 valence electrons. The zero-order chi connectivity index (χ0) is 25.3. The lowest BCUT2D eigenvalue weighted by Crippen LogP contribution is -2.44. The highest BCUT2D eigenvalue weighted by atomic mass is 32.2. The van der Waals surface area contributed by atoms with Gasteiger partial charge in [0.15, 0.2) is 0 Å². The first-order valence-electron chi connectivity index (χ1n) is 11.5. The first-order valence-corrected chi connectivity index (χ1v) is 13.0. The van der Waals surface area contributed by atoms with Crippen LogP contribution in [0.3, 0.4) is 0 Å². The lowest BCUT2D eigenvalue weighted by Gasteiger charge is -2.29. The summed E-state index contributed by atoms with van der Waals surface area (Å²) in [6, 6.07) is 9.75. The molecular weight excluding hydrogens is 486 g/mol. The quantitative estimate of drug-likeness (QED) is 0.408. The second kappa shape index (κ2) is 9.75. The summed E-state index contributed by atoms with van der Waals surface area (Å²) in [5, 5.41) is 4.21. The van der Waals surface area contributed by atoms with Crippen molar-refractivity contribution >= 4 is 32.4 Å².